The Morgan fingerprint density at radius 1 is 1.24 bits per heavy atom. The van der Waals surface area contributed by atoms with E-state index in [4.69, 9.17) is 9.47 Å². The topological polar surface area (TPSA) is 54.6 Å². The molecule has 0 saturated carbocycles. The van der Waals surface area contributed by atoms with Crippen molar-refractivity contribution in [2.45, 2.75) is 18.9 Å². The number of rotatable bonds is 2. The van der Waals surface area contributed by atoms with Gasteiger partial charge in [0, 0.05) is 24.0 Å². The zero-order valence-corrected chi connectivity index (χ0v) is 11.5. The van der Waals surface area contributed by atoms with Crippen molar-refractivity contribution in [3.05, 3.63) is 47.8 Å². The van der Waals surface area contributed by atoms with Crippen LogP contribution in [0.1, 0.15) is 34.9 Å². The summed E-state index contributed by atoms with van der Waals surface area (Å²) in [6.45, 7) is 1.01. The van der Waals surface area contributed by atoms with Gasteiger partial charge in [0.15, 0.2) is 11.5 Å². The second-order valence-electron chi connectivity index (χ2n) is 5.35. The first kappa shape index (κ1) is 12.3. The second-order valence-corrected chi connectivity index (χ2v) is 5.35. The maximum absolute atomic E-state index is 12.8. The molecule has 0 aliphatic carbocycles. The van der Waals surface area contributed by atoms with Crippen LogP contribution in [0.25, 0.3) is 0 Å². The van der Waals surface area contributed by atoms with E-state index in [0.29, 0.717) is 17.1 Å². The van der Waals surface area contributed by atoms with E-state index in [0.717, 1.165) is 25.1 Å². The highest BCUT2D eigenvalue weighted by Gasteiger charge is 2.31. The number of likely N-dealkylation sites (tertiary alicyclic amines) is 1. The van der Waals surface area contributed by atoms with E-state index in [1.807, 2.05) is 23.2 Å². The Hall–Kier alpha value is -2.43. The standard InChI is InChI=1S/C16H16N2O3/c19-16(11-5-6-14-15(9-11)21-10-20-14)18-8-2-4-13(18)12-3-1-7-17-12/h1,3,5-7,9,13,17H,2,4,8,10H2. The summed E-state index contributed by atoms with van der Waals surface area (Å²) in [6.07, 6.45) is 3.92. The van der Waals surface area contributed by atoms with Gasteiger partial charge < -0.3 is 19.4 Å². The van der Waals surface area contributed by atoms with Gasteiger partial charge in [0.1, 0.15) is 0 Å². The Bertz CT molecular complexity index is 666. The van der Waals surface area contributed by atoms with Crippen molar-refractivity contribution in [3.63, 3.8) is 0 Å². The number of benzene rings is 1. The largest absolute Gasteiger partial charge is 0.454 e. The first-order valence-corrected chi connectivity index (χ1v) is 7.17. The maximum Gasteiger partial charge on any atom is 0.254 e. The number of aromatic nitrogens is 1. The van der Waals surface area contributed by atoms with Crippen molar-refractivity contribution >= 4 is 5.91 Å². The molecule has 4 rings (SSSR count). The van der Waals surface area contributed by atoms with Crippen molar-refractivity contribution < 1.29 is 14.3 Å². The second kappa shape index (κ2) is 4.84. The third-order valence-corrected chi connectivity index (χ3v) is 4.11. The van der Waals surface area contributed by atoms with Crippen LogP contribution in [0.5, 0.6) is 11.5 Å². The maximum atomic E-state index is 12.8. The van der Waals surface area contributed by atoms with Crippen LogP contribution in [0.15, 0.2) is 36.5 Å². The molecule has 5 nitrogen and oxygen atoms in total. The van der Waals surface area contributed by atoms with Gasteiger partial charge in [-0.2, -0.15) is 0 Å². The Morgan fingerprint density at radius 3 is 3.00 bits per heavy atom. The van der Waals surface area contributed by atoms with Crippen LogP contribution in [0.3, 0.4) is 0 Å². The molecule has 0 radical (unpaired) electrons. The van der Waals surface area contributed by atoms with Crippen LogP contribution in [-0.4, -0.2) is 29.1 Å². The molecule has 1 N–H and O–H groups in total. The molecule has 0 bridgehead atoms. The lowest BCUT2D eigenvalue weighted by atomic mass is 10.1. The lowest BCUT2D eigenvalue weighted by molar-refractivity contribution is 0.0733. The Balaban J connectivity index is 1.62. The average molecular weight is 284 g/mol. The number of nitrogens with zero attached hydrogens (tertiary/aromatic N) is 1. The molecule has 1 atom stereocenters. The van der Waals surface area contributed by atoms with Gasteiger partial charge in [-0.1, -0.05) is 0 Å². The molecule has 1 fully saturated rings. The summed E-state index contributed by atoms with van der Waals surface area (Å²) in [5.41, 5.74) is 1.75. The summed E-state index contributed by atoms with van der Waals surface area (Å²) < 4.78 is 10.6. The number of carbonyl (C=O) groups excluding carboxylic acids is 1. The third-order valence-electron chi connectivity index (χ3n) is 4.11. The zero-order valence-electron chi connectivity index (χ0n) is 11.5. The molecule has 2 aromatic rings. The van der Waals surface area contributed by atoms with E-state index < -0.39 is 0 Å². The van der Waals surface area contributed by atoms with Gasteiger partial charge >= 0.3 is 0 Å². The molecule has 21 heavy (non-hydrogen) atoms. The molecule has 2 aliphatic rings. The lowest BCUT2D eigenvalue weighted by Crippen LogP contribution is -2.30. The molecular weight excluding hydrogens is 268 g/mol. The van der Waals surface area contributed by atoms with Crippen molar-refractivity contribution in [1.29, 1.82) is 0 Å². The molecule has 108 valence electrons. The summed E-state index contributed by atoms with van der Waals surface area (Å²) in [4.78, 5) is 17.9. The Kier molecular flexibility index (Phi) is 2.84. The Morgan fingerprint density at radius 2 is 2.14 bits per heavy atom. The molecule has 1 amide bonds. The van der Waals surface area contributed by atoms with Crippen LogP contribution in [0, 0.1) is 0 Å². The molecule has 1 unspecified atom stereocenters. The fourth-order valence-electron chi connectivity index (χ4n) is 3.08. The lowest BCUT2D eigenvalue weighted by Gasteiger charge is -2.24. The first-order valence-electron chi connectivity index (χ1n) is 7.17. The highest BCUT2D eigenvalue weighted by atomic mass is 16.7. The van der Waals surface area contributed by atoms with Crippen LogP contribution in [0.4, 0.5) is 0 Å². The van der Waals surface area contributed by atoms with Gasteiger partial charge in [-0.05, 0) is 43.2 Å². The van der Waals surface area contributed by atoms with E-state index in [1.54, 1.807) is 18.2 Å². The molecule has 1 aromatic heterocycles. The van der Waals surface area contributed by atoms with E-state index in [-0.39, 0.29) is 18.7 Å². The fourth-order valence-corrected chi connectivity index (χ4v) is 3.08. The van der Waals surface area contributed by atoms with Crippen LogP contribution >= 0.6 is 0 Å². The van der Waals surface area contributed by atoms with Gasteiger partial charge in [0.2, 0.25) is 6.79 Å². The normalized spacial score (nSPS) is 20.0. The van der Waals surface area contributed by atoms with E-state index in [1.165, 1.54) is 0 Å². The van der Waals surface area contributed by atoms with E-state index in [2.05, 4.69) is 4.98 Å². The molecule has 5 heteroatoms. The number of aromatic amines is 1. The van der Waals surface area contributed by atoms with Gasteiger partial charge in [-0.3, -0.25) is 4.79 Å². The van der Waals surface area contributed by atoms with Gasteiger partial charge in [-0.25, -0.2) is 0 Å². The smallest absolute Gasteiger partial charge is 0.254 e. The predicted molar refractivity (Wildman–Crippen MR) is 76.4 cm³/mol. The van der Waals surface area contributed by atoms with Crippen LogP contribution in [-0.2, 0) is 0 Å². The zero-order chi connectivity index (χ0) is 14.2. The number of hydrogen-bond donors (Lipinski definition) is 1. The molecule has 0 spiro atoms. The number of H-pyrrole nitrogens is 1. The summed E-state index contributed by atoms with van der Waals surface area (Å²) >= 11 is 0. The summed E-state index contributed by atoms with van der Waals surface area (Å²) in [7, 11) is 0. The minimum atomic E-state index is 0.0467. The van der Waals surface area contributed by atoms with E-state index in [9.17, 15) is 4.79 Å². The molecular formula is C16H16N2O3. The fraction of sp³-hybridized carbons (Fsp3) is 0.312. The highest BCUT2D eigenvalue weighted by molar-refractivity contribution is 5.95. The molecule has 2 aliphatic heterocycles. The highest BCUT2D eigenvalue weighted by Crippen LogP contribution is 2.35. The molecule has 1 aromatic carbocycles. The number of nitrogens with one attached hydrogen (secondary N) is 1. The average Bonchev–Trinajstić information content (AvgIpc) is 3.24. The van der Waals surface area contributed by atoms with Crippen molar-refractivity contribution in [2.75, 3.05) is 13.3 Å². The van der Waals surface area contributed by atoms with Gasteiger partial charge in [-0.15, -0.1) is 0 Å². The number of fused-ring (bicyclic) bond motifs is 1. The van der Waals surface area contributed by atoms with Crippen LogP contribution in [0.2, 0.25) is 0 Å². The third kappa shape index (κ3) is 2.05. The first-order chi connectivity index (χ1) is 10.3. The molecule has 3 heterocycles. The quantitative estimate of drug-likeness (QED) is 0.922. The SMILES string of the molecule is O=C(c1ccc2c(c1)OCO2)N1CCCC1c1ccc[nH]1. The summed E-state index contributed by atoms with van der Waals surface area (Å²) in [6, 6.07) is 9.52. The molecule has 1 saturated heterocycles. The minimum Gasteiger partial charge on any atom is -0.454 e. The van der Waals surface area contributed by atoms with Crippen LogP contribution < -0.4 is 9.47 Å². The van der Waals surface area contributed by atoms with Gasteiger partial charge in [0.05, 0.1) is 6.04 Å². The number of amides is 1. The number of carbonyl (C=O) groups is 1. The summed E-state index contributed by atoms with van der Waals surface area (Å²) in [5.74, 6) is 1.40. The van der Waals surface area contributed by atoms with Gasteiger partial charge in [0.25, 0.3) is 5.91 Å². The van der Waals surface area contributed by atoms with Crippen molar-refractivity contribution in [2.24, 2.45) is 0 Å². The van der Waals surface area contributed by atoms with Crippen molar-refractivity contribution in [1.82, 2.24) is 9.88 Å². The summed E-state index contributed by atoms with van der Waals surface area (Å²) in [5, 5.41) is 0. The predicted octanol–water partition coefficient (Wildman–Crippen LogP) is 2.72. The van der Waals surface area contributed by atoms with E-state index >= 15 is 0 Å². The minimum absolute atomic E-state index is 0.0467. The number of ether oxygens (including phenoxy) is 2. The monoisotopic (exact) mass is 284 g/mol. The Labute approximate surface area is 122 Å². The number of hydrogen-bond acceptors (Lipinski definition) is 3. The van der Waals surface area contributed by atoms with Crippen molar-refractivity contribution in [3.8, 4) is 11.5 Å².